The molecule has 5 nitrogen and oxygen atoms in total. The van der Waals surface area contributed by atoms with Crippen molar-refractivity contribution in [1.29, 1.82) is 0 Å². The lowest BCUT2D eigenvalue weighted by molar-refractivity contribution is 0.0943. The smallest absolute Gasteiger partial charge is 0.252 e. The summed E-state index contributed by atoms with van der Waals surface area (Å²) < 4.78 is 0. The minimum absolute atomic E-state index is 0.290. The van der Waals surface area contributed by atoms with Crippen LogP contribution in [0.15, 0.2) is 42.5 Å². The summed E-state index contributed by atoms with van der Waals surface area (Å²) in [4.78, 5) is 24.7. The molecule has 0 saturated carbocycles. The zero-order chi connectivity index (χ0) is 16.1. The second-order valence-corrected chi connectivity index (χ2v) is 5.06. The van der Waals surface area contributed by atoms with Crippen molar-refractivity contribution < 1.29 is 9.59 Å². The van der Waals surface area contributed by atoms with E-state index < -0.39 is 0 Å². The highest BCUT2D eigenvalue weighted by Gasteiger charge is 2.18. The molecule has 0 radical (unpaired) electrons. The second kappa shape index (κ2) is 7.06. The van der Waals surface area contributed by atoms with Gasteiger partial charge in [0.25, 0.3) is 5.91 Å². The Hall–Kier alpha value is -2.37. The van der Waals surface area contributed by atoms with Crippen LogP contribution in [0.1, 0.15) is 26.3 Å². The Labute approximate surface area is 133 Å². The van der Waals surface area contributed by atoms with E-state index in [1.165, 1.54) is 6.07 Å². The van der Waals surface area contributed by atoms with Crippen LogP contribution in [0, 0.1) is 0 Å². The van der Waals surface area contributed by atoms with E-state index >= 15 is 0 Å². The maximum atomic E-state index is 12.6. The molecule has 0 atom stereocenters. The van der Waals surface area contributed by atoms with Crippen LogP contribution >= 0.6 is 11.6 Å². The van der Waals surface area contributed by atoms with Gasteiger partial charge < -0.3 is 16.8 Å². The molecule has 0 spiro atoms. The van der Waals surface area contributed by atoms with Crippen molar-refractivity contribution in [3.63, 3.8) is 0 Å². The summed E-state index contributed by atoms with van der Waals surface area (Å²) in [6.45, 7) is 0.671. The van der Waals surface area contributed by atoms with E-state index in [0.717, 1.165) is 0 Å². The van der Waals surface area contributed by atoms with Gasteiger partial charge in [-0.1, -0.05) is 29.8 Å². The zero-order valence-electron chi connectivity index (χ0n) is 11.8. The van der Waals surface area contributed by atoms with Crippen molar-refractivity contribution in [1.82, 2.24) is 5.32 Å². The monoisotopic (exact) mass is 317 g/mol. The van der Waals surface area contributed by atoms with Gasteiger partial charge in [0, 0.05) is 24.2 Å². The summed E-state index contributed by atoms with van der Waals surface area (Å²) in [5, 5.41) is 3.03. The van der Waals surface area contributed by atoms with Crippen LogP contribution < -0.4 is 16.8 Å². The number of hydrogen-bond donors (Lipinski definition) is 3. The third-order valence-corrected chi connectivity index (χ3v) is 3.45. The van der Waals surface area contributed by atoms with Crippen LogP contribution in [0.25, 0.3) is 0 Å². The number of anilines is 1. The number of nitrogens with one attached hydrogen (secondary N) is 1. The molecule has 0 saturated heterocycles. The van der Waals surface area contributed by atoms with E-state index in [0.29, 0.717) is 40.5 Å². The van der Waals surface area contributed by atoms with Crippen LogP contribution in [0.5, 0.6) is 0 Å². The zero-order valence-corrected chi connectivity index (χ0v) is 12.6. The third kappa shape index (κ3) is 3.44. The average molecular weight is 318 g/mol. The molecular formula is C16H16ClN3O2. The highest BCUT2D eigenvalue weighted by atomic mass is 35.5. The lowest BCUT2D eigenvalue weighted by Gasteiger charge is -2.09. The first-order valence-electron chi connectivity index (χ1n) is 6.71. The van der Waals surface area contributed by atoms with E-state index in [2.05, 4.69) is 5.32 Å². The van der Waals surface area contributed by atoms with Gasteiger partial charge in [-0.25, -0.2) is 0 Å². The van der Waals surface area contributed by atoms with Crippen LogP contribution in [0.4, 0.5) is 5.69 Å². The first-order valence-corrected chi connectivity index (χ1v) is 7.09. The molecule has 114 valence electrons. The fraction of sp³-hybridized carbons (Fsp3) is 0.125. The quantitative estimate of drug-likeness (QED) is 0.579. The molecule has 2 rings (SSSR count). The maximum absolute atomic E-state index is 12.6. The van der Waals surface area contributed by atoms with Gasteiger partial charge in [-0.3, -0.25) is 9.59 Å². The SMILES string of the molecule is NCCNC(=O)c1ccccc1C(=O)c1ccc(Cl)c(N)c1. The fourth-order valence-electron chi connectivity index (χ4n) is 2.00. The summed E-state index contributed by atoms with van der Waals surface area (Å²) in [6, 6.07) is 11.2. The molecule has 0 aliphatic rings. The van der Waals surface area contributed by atoms with Crippen molar-refractivity contribution in [2.45, 2.75) is 0 Å². The summed E-state index contributed by atoms with van der Waals surface area (Å²) >= 11 is 5.86. The molecule has 0 heterocycles. The van der Waals surface area contributed by atoms with Crippen molar-refractivity contribution in [2.75, 3.05) is 18.8 Å². The molecular weight excluding hydrogens is 302 g/mol. The van der Waals surface area contributed by atoms with Gasteiger partial charge in [0.2, 0.25) is 0 Å². The van der Waals surface area contributed by atoms with Crippen LogP contribution in [0.3, 0.4) is 0 Å². The van der Waals surface area contributed by atoms with Gasteiger partial charge in [-0.2, -0.15) is 0 Å². The van der Waals surface area contributed by atoms with Crippen molar-refractivity contribution >= 4 is 29.0 Å². The van der Waals surface area contributed by atoms with Crippen molar-refractivity contribution in [3.05, 3.63) is 64.2 Å². The number of rotatable bonds is 5. The highest BCUT2D eigenvalue weighted by Crippen LogP contribution is 2.22. The molecule has 2 aromatic rings. The van der Waals surface area contributed by atoms with E-state index in [4.69, 9.17) is 23.1 Å². The summed E-state index contributed by atoms with van der Waals surface area (Å²) in [7, 11) is 0. The van der Waals surface area contributed by atoms with Gasteiger partial charge in [0.15, 0.2) is 5.78 Å². The molecule has 22 heavy (non-hydrogen) atoms. The minimum atomic E-state index is -0.337. The molecule has 2 aromatic carbocycles. The van der Waals surface area contributed by atoms with Crippen molar-refractivity contribution in [2.24, 2.45) is 5.73 Å². The lowest BCUT2D eigenvalue weighted by Crippen LogP contribution is -2.30. The highest BCUT2D eigenvalue weighted by molar-refractivity contribution is 6.33. The largest absolute Gasteiger partial charge is 0.398 e. The molecule has 0 aromatic heterocycles. The Balaban J connectivity index is 2.37. The Morgan fingerprint density at radius 2 is 1.77 bits per heavy atom. The van der Waals surface area contributed by atoms with Crippen LogP contribution in [0.2, 0.25) is 5.02 Å². The number of ketones is 1. The molecule has 0 aliphatic carbocycles. The number of nitrogen functional groups attached to an aromatic ring is 1. The molecule has 0 bridgehead atoms. The van der Waals surface area contributed by atoms with Gasteiger partial charge in [0.05, 0.1) is 16.3 Å². The number of nitrogens with two attached hydrogens (primary N) is 2. The summed E-state index contributed by atoms with van der Waals surface area (Å²) in [6.07, 6.45) is 0. The molecule has 0 aliphatic heterocycles. The number of carbonyl (C=O) groups is 2. The van der Waals surface area contributed by atoms with Crippen LogP contribution in [-0.4, -0.2) is 24.8 Å². The topological polar surface area (TPSA) is 98.2 Å². The number of amides is 1. The van der Waals surface area contributed by atoms with Gasteiger partial charge in [-0.15, -0.1) is 0 Å². The first kappa shape index (κ1) is 16.0. The normalized spacial score (nSPS) is 10.3. The summed E-state index contributed by atoms with van der Waals surface area (Å²) in [5.41, 5.74) is 12.4. The molecule has 0 fully saturated rings. The fourth-order valence-corrected chi connectivity index (χ4v) is 2.12. The number of halogens is 1. The predicted molar refractivity (Wildman–Crippen MR) is 87.1 cm³/mol. The standard InChI is InChI=1S/C16H16ClN3O2/c17-13-6-5-10(9-14(13)19)15(21)11-3-1-2-4-12(11)16(22)20-8-7-18/h1-6,9H,7-8,18-19H2,(H,20,22). The predicted octanol–water partition coefficient (Wildman–Crippen LogP) is 1.84. The van der Waals surface area contributed by atoms with Gasteiger partial charge in [-0.05, 0) is 24.3 Å². The molecule has 1 amide bonds. The van der Waals surface area contributed by atoms with Crippen molar-refractivity contribution in [3.8, 4) is 0 Å². The maximum Gasteiger partial charge on any atom is 0.252 e. The van der Waals surface area contributed by atoms with E-state index in [-0.39, 0.29) is 11.7 Å². The van der Waals surface area contributed by atoms with E-state index in [1.54, 1.807) is 36.4 Å². The number of carbonyl (C=O) groups excluding carboxylic acids is 2. The third-order valence-electron chi connectivity index (χ3n) is 3.10. The Morgan fingerprint density at radius 3 is 2.41 bits per heavy atom. The summed E-state index contributed by atoms with van der Waals surface area (Å²) in [5.74, 6) is -0.627. The van der Waals surface area contributed by atoms with E-state index in [1.807, 2.05) is 0 Å². The van der Waals surface area contributed by atoms with Gasteiger partial charge >= 0.3 is 0 Å². The molecule has 5 N–H and O–H groups in total. The molecule has 0 unspecified atom stereocenters. The second-order valence-electron chi connectivity index (χ2n) is 4.66. The molecule has 6 heteroatoms. The Kier molecular flexibility index (Phi) is 5.14. The minimum Gasteiger partial charge on any atom is -0.398 e. The average Bonchev–Trinajstić information content (AvgIpc) is 2.54. The Bertz CT molecular complexity index is 716. The Morgan fingerprint density at radius 1 is 1.09 bits per heavy atom. The number of benzene rings is 2. The van der Waals surface area contributed by atoms with E-state index in [9.17, 15) is 9.59 Å². The van der Waals surface area contributed by atoms with Gasteiger partial charge in [0.1, 0.15) is 0 Å². The number of hydrogen-bond acceptors (Lipinski definition) is 4. The first-order chi connectivity index (χ1) is 10.5. The van der Waals surface area contributed by atoms with Crippen LogP contribution in [-0.2, 0) is 0 Å². The lowest BCUT2D eigenvalue weighted by atomic mass is 9.97.